The first-order valence-corrected chi connectivity index (χ1v) is 6.70. The molecule has 1 heterocycles. The van der Waals surface area contributed by atoms with Gasteiger partial charge in [0.05, 0.1) is 6.20 Å². The standard InChI is InChI=1S/C14H27N3/c1-6-7-8-9-17-12(2)13(11-16-17)10-15-14(3,4)5/h11,15H,6-10H2,1-5H3. The summed E-state index contributed by atoms with van der Waals surface area (Å²) in [6.07, 6.45) is 5.78. The second-order valence-electron chi connectivity index (χ2n) is 5.79. The van der Waals surface area contributed by atoms with Gasteiger partial charge in [-0.3, -0.25) is 4.68 Å². The van der Waals surface area contributed by atoms with E-state index in [2.05, 4.69) is 49.7 Å². The Morgan fingerprint density at radius 2 is 2.00 bits per heavy atom. The van der Waals surface area contributed by atoms with Gasteiger partial charge in [-0.25, -0.2) is 0 Å². The molecule has 0 spiro atoms. The van der Waals surface area contributed by atoms with E-state index in [0.717, 1.165) is 13.1 Å². The average molecular weight is 237 g/mol. The predicted octanol–water partition coefficient (Wildman–Crippen LogP) is 3.27. The molecule has 0 atom stereocenters. The summed E-state index contributed by atoms with van der Waals surface area (Å²) >= 11 is 0. The van der Waals surface area contributed by atoms with Crippen LogP contribution in [0.25, 0.3) is 0 Å². The monoisotopic (exact) mass is 237 g/mol. The molecule has 0 aliphatic rings. The Hall–Kier alpha value is -0.830. The molecule has 0 radical (unpaired) electrons. The van der Waals surface area contributed by atoms with Crippen LogP contribution in [0.2, 0.25) is 0 Å². The van der Waals surface area contributed by atoms with Crippen molar-refractivity contribution in [2.75, 3.05) is 0 Å². The summed E-state index contributed by atoms with van der Waals surface area (Å²) in [7, 11) is 0. The highest BCUT2D eigenvalue weighted by Crippen LogP contribution is 2.10. The first kappa shape index (κ1) is 14.2. The maximum absolute atomic E-state index is 4.46. The summed E-state index contributed by atoms with van der Waals surface area (Å²) in [6.45, 7) is 12.9. The van der Waals surface area contributed by atoms with Crippen molar-refractivity contribution in [2.24, 2.45) is 0 Å². The molecular formula is C14H27N3. The summed E-state index contributed by atoms with van der Waals surface area (Å²) in [6, 6.07) is 0. The van der Waals surface area contributed by atoms with E-state index in [1.54, 1.807) is 0 Å². The van der Waals surface area contributed by atoms with Crippen LogP contribution in [0.1, 0.15) is 58.2 Å². The average Bonchev–Trinajstić information content (AvgIpc) is 2.57. The summed E-state index contributed by atoms with van der Waals surface area (Å²) in [5.74, 6) is 0. The van der Waals surface area contributed by atoms with E-state index in [0.29, 0.717) is 0 Å². The van der Waals surface area contributed by atoms with Crippen molar-refractivity contribution in [3.63, 3.8) is 0 Å². The quantitative estimate of drug-likeness (QED) is 0.770. The Morgan fingerprint density at radius 3 is 2.59 bits per heavy atom. The fourth-order valence-electron chi connectivity index (χ4n) is 1.76. The van der Waals surface area contributed by atoms with Crippen LogP contribution in [0.4, 0.5) is 0 Å². The van der Waals surface area contributed by atoms with E-state index in [1.165, 1.54) is 30.5 Å². The van der Waals surface area contributed by atoms with Gasteiger partial charge in [0.15, 0.2) is 0 Å². The smallest absolute Gasteiger partial charge is 0.0537 e. The summed E-state index contributed by atoms with van der Waals surface area (Å²) in [5, 5.41) is 7.97. The highest BCUT2D eigenvalue weighted by atomic mass is 15.3. The van der Waals surface area contributed by atoms with Crippen molar-refractivity contribution in [1.82, 2.24) is 15.1 Å². The zero-order valence-electron chi connectivity index (χ0n) is 12.0. The number of nitrogens with zero attached hydrogens (tertiary/aromatic N) is 2. The molecule has 0 aromatic carbocycles. The minimum Gasteiger partial charge on any atom is -0.308 e. The molecule has 98 valence electrons. The molecule has 0 saturated carbocycles. The number of unbranched alkanes of at least 4 members (excludes halogenated alkanes) is 2. The van der Waals surface area contributed by atoms with Gasteiger partial charge in [-0.05, 0) is 34.1 Å². The van der Waals surface area contributed by atoms with Gasteiger partial charge >= 0.3 is 0 Å². The lowest BCUT2D eigenvalue weighted by atomic mass is 10.1. The molecule has 0 unspecified atom stereocenters. The van der Waals surface area contributed by atoms with E-state index in [4.69, 9.17) is 0 Å². The van der Waals surface area contributed by atoms with Crippen molar-refractivity contribution in [3.8, 4) is 0 Å². The minimum absolute atomic E-state index is 0.163. The fraction of sp³-hybridized carbons (Fsp3) is 0.786. The van der Waals surface area contributed by atoms with Gasteiger partial charge in [-0.15, -0.1) is 0 Å². The Labute approximate surface area is 106 Å². The third kappa shape index (κ3) is 4.90. The molecule has 1 aromatic heterocycles. The van der Waals surface area contributed by atoms with Crippen LogP contribution in [-0.2, 0) is 13.1 Å². The maximum Gasteiger partial charge on any atom is 0.0537 e. The summed E-state index contributed by atoms with van der Waals surface area (Å²) < 4.78 is 2.13. The first-order chi connectivity index (χ1) is 7.94. The van der Waals surface area contributed by atoms with Crippen LogP contribution in [0.15, 0.2) is 6.20 Å². The molecule has 1 N–H and O–H groups in total. The van der Waals surface area contributed by atoms with Gasteiger partial charge in [0.2, 0.25) is 0 Å². The van der Waals surface area contributed by atoms with E-state index < -0.39 is 0 Å². The molecule has 0 aliphatic carbocycles. The van der Waals surface area contributed by atoms with Gasteiger partial charge in [-0.2, -0.15) is 5.10 Å². The van der Waals surface area contributed by atoms with Gasteiger partial charge in [-0.1, -0.05) is 19.8 Å². The van der Waals surface area contributed by atoms with Gasteiger partial charge < -0.3 is 5.32 Å². The molecule has 3 nitrogen and oxygen atoms in total. The van der Waals surface area contributed by atoms with Crippen LogP contribution >= 0.6 is 0 Å². The van der Waals surface area contributed by atoms with Crippen LogP contribution in [-0.4, -0.2) is 15.3 Å². The first-order valence-electron chi connectivity index (χ1n) is 6.70. The molecule has 3 heteroatoms. The number of hydrogen-bond donors (Lipinski definition) is 1. The molecule has 1 aromatic rings. The highest BCUT2D eigenvalue weighted by Gasteiger charge is 2.11. The molecule has 0 aliphatic heterocycles. The van der Waals surface area contributed by atoms with Crippen LogP contribution < -0.4 is 5.32 Å². The second-order valence-corrected chi connectivity index (χ2v) is 5.79. The molecule has 0 fully saturated rings. The number of aromatic nitrogens is 2. The normalized spacial score (nSPS) is 12.1. The van der Waals surface area contributed by atoms with Crippen molar-refractivity contribution >= 4 is 0 Å². The maximum atomic E-state index is 4.46. The Bertz CT molecular complexity index is 334. The van der Waals surface area contributed by atoms with E-state index in [1.807, 2.05) is 6.20 Å². The summed E-state index contributed by atoms with van der Waals surface area (Å²) in [4.78, 5) is 0. The minimum atomic E-state index is 0.163. The van der Waals surface area contributed by atoms with E-state index >= 15 is 0 Å². The van der Waals surface area contributed by atoms with E-state index in [-0.39, 0.29) is 5.54 Å². The van der Waals surface area contributed by atoms with E-state index in [9.17, 15) is 0 Å². The van der Waals surface area contributed by atoms with Crippen LogP contribution in [0.3, 0.4) is 0 Å². The van der Waals surface area contributed by atoms with Gasteiger partial charge in [0.1, 0.15) is 0 Å². The number of rotatable bonds is 6. The molecule has 1 rings (SSSR count). The fourth-order valence-corrected chi connectivity index (χ4v) is 1.76. The molecule has 0 saturated heterocycles. The Balaban J connectivity index is 2.52. The molecule has 17 heavy (non-hydrogen) atoms. The topological polar surface area (TPSA) is 29.9 Å². The Kier molecular flexibility index (Phi) is 5.19. The lowest BCUT2D eigenvalue weighted by Crippen LogP contribution is -2.35. The third-order valence-electron chi connectivity index (χ3n) is 2.99. The number of aryl methyl sites for hydroxylation is 1. The van der Waals surface area contributed by atoms with Gasteiger partial charge in [0, 0.05) is 29.9 Å². The van der Waals surface area contributed by atoms with Crippen molar-refractivity contribution in [3.05, 3.63) is 17.5 Å². The largest absolute Gasteiger partial charge is 0.308 e. The molecular weight excluding hydrogens is 210 g/mol. The zero-order chi connectivity index (χ0) is 12.9. The third-order valence-corrected chi connectivity index (χ3v) is 2.99. The lowest BCUT2D eigenvalue weighted by Gasteiger charge is -2.20. The number of nitrogens with one attached hydrogen (secondary N) is 1. The van der Waals surface area contributed by atoms with Crippen molar-refractivity contribution < 1.29 is 0 Å². The van der Waals surface area contributed by atoms with Crippen molar-refractivity contribution in [1.29, 1.82) is 0 Å². The van der Waals surface area contributed by atoms with Crippen LogP contribution in [0, 0.1) is 6.92 Å². The molecule has 0 bridgehead atoms. The molecule has 0 amide bonds. The zero-order valence-corrected chi connectivity index (χ0v) is 12.0. The SMILES string of the molecule is CCCCCn1ncc(CNC(C)(C)C)c1C. The lowest BCUT2D eigenvalue weighted by molar-refractivity contribution is 0.423. The highest BCUT2D eigenvalue weighted by molar-refractivity contribution is 5.16. The second kappa shape index (κ2) is 6.20. The van der Waals surface area contributed by atoms with Gasteiger partial charge in [0.25, 0.3) is 0 Å². The predicted molar refractivity (Wildman–Crippen MR) is 73.1 cm³/mol. The summed E-state index contributed by atoms with van der Waals surface area (Å²) in [5.41, 5.74) is 2.78. The van der Waals surface area contributed by atoms with Crippen molar-refractivity contribution in [2.45, 2.75) is 72.5 Å². The Morgan fingerprint density at radius 1 is 1.29 bits per heavy atom. The van der Waals surface area contributed by atoms with Crippen LogP contribution in [0.5, 0.6) is 0 Å². The number of hydrogen-bond acceptors (Lipinski definition) is 2.